The number of sulfone groups is 1. The van der Waals surface area contributed by atoms with Crippen molar-refractivity contribution in [1.29, 1.82) is 0 Å². The Bertz CT molecular complexity index is 927. The van der Waals surface area contributed by atoms with Gasteiger partial charge in [0.25, 0.3) is 0 Å². The highest BCUT2D eigenvalue weighted by Crippen LogP contribution is 2.40. The van der Waals surface area contributed by atoms with Gasteiger partial charge in [-0.25, -0.2) is 12.8 Å². The van der Waals surface area contributed by atoms with E-state index in [9.17, 15) is 26.0 Å². The molecule has 0 amide bonds. The van der Waals surface area contributed by atoms with Gasteiger partial charge in [0.15, 0.2) is 9.84 Å². The van der Waals surface area contributed by atoms with Gasteiger partial charge in [-0.1, -0.05) is 6.07 Å². The zero-order valence-electron chi connectivity index (χ0n) is 14.3. The van der Waals surface area contributed by atoms with Crippen molar-refractivity contribution in [2.45, 2.75) is 41.7 Å². The fraction of sp³-hybridized carbons (Fsp3) is 0.389. The summed E-state index contributed by atoms with van der Waals surface area (Å²) in [6, 6.07) is 5.27. The van der Waals surface area contributed by atoms with Crippen molar-refractivity contribution < 1.29 is 30.7 Å². The Hall–Kier alpha value is -2.00. The van der Waals surface area contributed by atoms with Gasteiger partial charge in [0.05, 0.1) is 33.7 Å². The summed E-state index contributed by atoms with van der Waals surface area (Å²) in [7, 11) is -2.73. The van der Waals surface area contributed by atoms with Gasteiger partial charge in [-0.05, 0) is 43.5 Å². The van der Waals surface area contributed by atoms with Crippen LogP contribution in [0.2, 0.25) is 0 Å². The summed E-state index contributed by atoms with van der Waals surface area (Å²) >= 11 is 0. The molecule has 1 aliphatic rings. The molecule has 1 aromatic heterocycles. The molecule has 2 atom stereocenters. The van der Waals surface area contributed by atoms with Crippen LogP contribution < -0.4 is 0 Å². The van der Waals surface area contributed by atoms with E-state index in [1.807, 2.05) is 0 Å². The molecule has 4 nitrogen and oxygen atoms in total. The second-order valence-corrected chi connectivity index (χ2v) is 8.60. The van der Waals surface area contributed by atoms with Gasteiger partial charge in [0.1, 0.15) is 5.82 Å². The Labute approximate surface area is 154 Å². The van der Waals surface area contributed by atoms with Crippen molar-refractivity contribution in [3.8, 4) is 11.3 Å². The summed E-state index contributed by atoms with van der Waals surface area (Å²) in [5, 5.41) is -0.918. The van der Waals surface area contributed by atoms with Gasteiger partial charge in [0.2, 0.25) is 0 Å². The van der Waals surface area contributed by atoms with Gasteiger partial charge in [-0.3, -0.25) is 4.98 Å². The van der Waals surface area contributed by atoms with E-state index in [1.165, 1.54) is 19.2 Å². The lowest BCUT2D eigenvalue weighted by atomic mass is 10.1. The normalized spacial score (nSPS) is 20.8. The predicted molar refractivity (Wildman–Crippen MR) is 90.3 cm³/mol. The standard InChI is InChI=1S/C18H17F4NO3S/c1-26-13-4-5-14(9-13)27(24,25)17-7-2-11(8-15(17)18(20,21)22)16-6-3-12(19)10-23-16/h2-3,6-8,10,13-14H,4-5,9H2,1H3/t13-,14-/m0/s1. The lowest BCUT2D eigenvalue weighted by Crippen LogP contribution is -2.23. The van der Waals surface area contributed by atoms with Crippen LogP contribution in [0.15, 0.2) is 41.4 Å². The van der Waals surface area contributed by atoms with Crippen LogP contribution >= 0.6 is 0 Å². The highest BCUT2D eigenvalue weighted by molar-refractivity contribution is 7.92. The summed E-state index contributed by atoms with van der Waals surface area (Å²) in [6.07, 6.45) is -3.35. The van der Waals surface area contributed by atoms with E-state index in [-0.39, 0.29) is 30.2 Å². The number of ether oxygens (including phenoxy) is 1. The Morgan fingerprint density at radius 2 is 1.89 bits per heavy atom. The fourth-order valence-electron chi connectivity index (χ4n) is 3.28. The summed E-state index contributed by atoms with van der Waals surface area (Å²) in [5.74, 6) is -0.622. The number of alkyl halides is 3. The number of hydrogen-bond donors (Lipinski definition) is 0. The predicted octanol–water partition coefficient (Wildman–Crippen LogP) is 4.25. The van der Waals surface area contributed by atoms with Crippen molar-refractivity contribution >= 4 is 9.84 Å². The molecule has 1 fully saturated rings. The minimum Gasteiger partial charge on any atom is -0.381 e. The third-order valence-electron chi connectivity index (χ3n) is 4.72. The molecular formula is C18H17F4NO3S. The van der Waals surface area contributed by atoms with Gasteiger partial charge in [0, 0.05) is 12.7 Å². The van der Waals surface area contributed by atoms with Crippen LogP contribution in [0.25, 0.3) is 11.3 Å². The molecule has 1 aromatic carbocycles. The maximum atomic E-state index is 13.6. The van der Waals surface area contributed by atoms with Gasteiger partial charge in [-0.15, -0.1) is 0 Å². The highest BCUT2D eigenvalue weighted by atomic mass is 32.2. The number of halogens is 4. The van der Waals surface area contributed by atoms with E-state index >= 15 is 0 Å². The van der Waals surface area contributed by atoms with Crippen LogP contribution in [-0.2, 0) is 20.8 Å². The second-order valence-electron chi connectivity index (χ2n) is 6.41. The lowest BCUT2D eigenvalue weighted by Gasteiger charge is -2.18. The molecule has 2 aromatic rings. The molecule has 1 aliphatic carbocycles. The largest absolute Gasteiger partial charge is 0.417 e. The molecule has 9 heteroatoms. The first-order chi connectivity index (χ1) is 12.6. The van der Waals surface area contributed by atoms with Gasteiger partial charge in [-0.2, -0.15) is 13.2 Å². The summed E-state index contributed by atoms with van der Waals surface area (Å²) < 4.78 is 84.6. The summed E-state index contributed by atoms with van der Waals surface area (Å²) in [5.41, 5.74) is -1.07. The minimum atomic E-state index is -4.86. The van der Waals surface area contributed by atoms with Gasteiger partial charge >= 0.3 is 6.18 Å². The molecule has 0 unspecified atom stereocenters. The highest BCUT2D eigenvalue weighted by Gasteiger charge is 2.42. The maximum absolute atomic E-state index is 13.6. The first-order valence-electron chi connectivity index (χ1n) is 8.23. The molecule has 0 saturated heterocycles. The smallest absolute Gasteiger partial charge is 0.381 e. The number of rotatable bonds is 4. The lowest BCUT2D eigenvalue weighted by molar-refractivity contribution is -0.139. The Morgan fingerprint density at radius 1 is 1.15 bits per heavy atom. The van der Waals surface area contributed by atoms with Crippen molar-refractivity contribution in [3.05, 3.63) is 47.9 Å². The molecule has 0 spiro atoms. The fourth-order valence-corrected chi connectivity index (χ4v) is 5.29. The monoisotopic (exact) mass is 403 g/mol. The number of nitrogens with zero attached hydrogens (tertiary/aromatic N) is 1. The van der Waals surface area contributed by atoms with E-state index in [2.05, 4.69) is 4.98 Å². The molecule has 0 aliphatic heterocycles. The number of hydrogen-bond acceptors (Lipinski definition) is 4. The average Bonchev–Trinajstić information content (AvgIpc) is 3.11. The summed E-state index contributed by atoms with van der Waals surface area (Å²) in [6.45, 7) is 0. The second kappa shape index (κ2) is 7.20. The molecule has 146 valence electrons. The Balaban J connectivity index is 2.06. The first kappa shape index (κ1) is 19.8. The van der Waals surface area contributed by atoms with Crippen LogP contribution in [0.3, 0.4) is 0 Å². The number of pyridine rings is 1. The molecule has 1 heterocycles. The molecule has 27 heavy (non-hydrogen) atoms. The van der Waals surface area contributed by atoms with Crippen molar-refractivity contribution in [2.75, 3.05) is 7.11 Å². The van der Waals surface area contributed by atoms with Gasteiger partial charge < -0.3 is 4.74 Å². The van der Waals surface area contributed by atoms with Crippen LogP contribution in [0.5, 0.6) is 0 Å². The van der Waals surface area contributed by atoms with E-state index < -0.39 is 37.5 Å². The Kier molecular flexibility index (Phi) is 5.27. The van der Waals surface area contributed by atoms with Crippen LogP contribution in [-0.4, -0.2) is 31.9 Å². The molecule has 0 bridgehead atoms. The average molecular weight is 403 g/mol. The minimum absolute atomic E-state index is 0.0578. The zero-order chi connectivity index (χ0) is 19.8. The van der Waals surface area contributed by atoms with Crippen LogP contribution in [0.4, 0.5) is 17.6 Å². The van der Waals surface area contributed by atoms with E-state index in [4.69, 9.17) is 4.74 Å². The third-order valence-corrected chi connectivity index (χ3v) is 7.00. The zero-order valence-corrected chi connectivity index (χ0v) is 15.1. The molecule has 0 N–H and O–H groups in total. The van der Waals surface area contributed by atoms with Crippen molar-refractivity contribution in [2.24, 2.45) is 0 Å². The molecule has 0 radical (unpaired) electrons. The van der Waals surface area contributed by atoms with E-state index in [0.29, 0.717) is 6.42 Å². The number of aromatic nitrogens is 1. The van der Waals surface area contributed by atoms with Crippen molar-refractivity contribution in [3.63, 3.8) is 0 Å². The number of methoxy groups -OCH3 is 1. The number of benzene rings is 1. The van der Waals surface area contributed by atoms with E-state index in [0.717, 1.165) is 24.4 Å². The first-order valence-corrected chi connectivity index (χ1v) is 9.77. The van der Waals surface area contributed by atoms with Crippen LogP contribution in [0.1, 0.15) is 24.8 Å². The SMILES string of the molecule is CO[C@H]1CC[C@H](S(=O)(=O)c2ccc(-c3ccc(F)cn3)cc2C(F)(F)F)C1. The molecular weight excluding hydrogens is 386 g/mol. The molecule has 3 rings (SSSR count). The topological polar surface area (TPSA) is 56.3 Å². The third kappa shape index (κ3) is 3.98. The summed E-state index contributed by atoms with van der Waals surface area (Å²) in [4.78, 5) is 3.01. The maximum Gasteiger partial charge on any atom is 0.417 e. The van der Waals surface area contributed by atoms with Crippen molar-refractivity contribution in [1.82, 2.24) is 4.98 Å². The Morgan fingerprint density at radius 3 is 2.44 bits per heavy atom. The molecule has 1 saturated carbocycles. The van der Waals surface area contributed by atoms with Crippen LogP contribution in [0, 0.1) is 5.82 Å². The quantitative estimate of drug-likeness (QED) is 0.717. The van der Waals surface area contributed by atoms with E-state index in [1.54, 1.807) is 0 Å².